The first-order chi connectivity index (χ1) is 13.7. The van der Waals surface area contributed by atoms with Crippen molar-refractivity contribution in [3.05, 3.63) is 36.0 Å². The Morgan fingerprint density at radius 2 is 2.04 bits per heavy atom. The van der Waals surface area contributed by atoms with Gasteiger partial charge < -0.3 is 20.1 Å². The first kappa shape index (κ1) is 21.0. The van der Waals surface area contributed by atoms with Crippen LogP contribution in [0.25, 0.3) is 10.9 Å². The first-order valence-electron chi connectivity index (χ1n) is 10.8. The van der Waals surface area contributed by atoms with Crippen LogP contribution in [0.4, 0.5) is 0 Å². The van der Waals surface area contributed by atoms with Crippen molar-refractivity contribution in [2.45, 2.75) is 57.6 Å². The Morgan fingerprint density at radius 1 is 1.21 bits per heavy atom. The van der Waals surface area contributed by atoms with E-state index in [1.165, 1.54) is 25.7 Å². The largest absolute Gasteiger partial charge is 0.497 e. The van der Waals surface area contributed by atoms with Gasteiger partial charge in [0.15, 0.2) is 0 Å². The molecule has 1 aromatic heterocycles. The quantitative estimate of drug-likeness (QED) is 0.607. The SMILES string of the molecule is CCCCCCNC1CCN(C[C@H](O)c2ccnc3ccc(OC)cc23)CC1. The van der Waals surface area contributed by atoms with Gasteiger partial charge in [0.2, 0.25) is 0 Å². The van der Waals surface area contributed by atoms with Crippen molar-refractivity contribution >= 4 is 10.9 Å². The molecule has 5 nitrogen and oxygen atoms in total. The molecule has 0 unspecified atom stereocenters. The van der Waals surface area contributed by atoms with Crippen molar-refractivity contribution in [2.75, 3.05) is 33.3 Å². The molecule has 1 atom stereocenters. The summed E-state index contributed by atoms with van der Waals surface area (Å²) in [7, 11) is 1.66. The lowest BCUT2D eigenvalue weighted by Crippen LogP contribution is -2.44. The third-order valence-corrected chi connectivity index (χ3v) is 5.82. The maximum atomic E-state index is 10.9. The summed E-state index contributed by atoms with van der Waals surface area (Å²) in [5.41, 5.74) is 1.82. The van der Waals surface area contributed by atoms with Crippen molar-refractivity contribution in [2.24, 2.45) is 0 Å². The molecule has 1 aliphatic rings. The predicted molar refractivity (Wildman–Crippen MR) is 115 cm³/mol. The molecule has 154 valence electrons. The second-order valence-electron chi connectivity index (χ2n) is 7.89. The van der Waals surface area contributed by atoms with Crippen molar-refractivity contribution in [3.8, 4) is 5.75 Å². The number of hydrogen-bond donors (Lipinski definition) is 2. The zero-order valence-corrected chi connectivity index (χ0v) is 17.4. The van der Waals surface area contributed by atoms with Gasteiger partial charge in [-0.1, -0.05) is 26.2 Å². The number of piperidine rings is 1. The molecular formula is C23H35N3O2. The fourth-order valence-electron chi connectivity index (χ4n) is 4.08. The smallest absolute Gasteiger partial charge is 0.119 e. The summed E-state index contributed by atoms with van der Waals surface area (Å²) in [6.45, 7) is 6.13. The predicted octanol–water partition coefficient (Wildman–Crippen LogP) is 3.91. The van der Waals surface area contributed by atoms with Crippen molar-refractivity contribution < 1.29 is 9.84 Å². The van der Waals surface area contributed by atoms with E-state index in [0.717, 1.165) is 54.7 Å². The lowest BCUT2D eigenvalue weighted by Gasteiger charge is -2.33. The van der Waals surface area contributed by atoms with Crippen LogP contribution >= 0.6 is 0 Å². The van der Waals surface area contributed by atoms with Gasteiger partial charge in [0.25, 0.3) is 0 Å². The van der Waals surface area contributed by atoms with E-state index in [1.807, 2.05) is 24.3 Å². The van der Waals surface area contributed by atoms with Crippen LogP contribution in [0.2, 0.25) is 0 Å². The van der Waals surface area contributed by atoms with E-state index in [0.29, 0.717) is 12.6 Å². The number of hydrogen-bond acceptors (Lipinski definition) is 5. The molecule has 1 fully saturated rings. The lowest BCUT2D eigenvalue weighted by atomic mass is 10.0. The third kappa shape index (κ3) is 5.66. The molecule has 5 heteroatoms. The monoisotopic (exact) mass is 385 g/mol. The standard InChI is InChI=1S/C23H35N3O2/c1-3-4-5-6-12-24-18-10-14-26(15-11-18)17-23(27)20-9-13-25-22-8-7-19(28-2)16-21(20)22/h7-9,13,16,18,23-24,27H,3-6,10-12,14-15,17H2,1-2H3/t23-/m0/s1. The Hall–Kier alpha value is -1.69. The number of methoxy groups -OCH3 is 1. The van der Waals surface area contributed by atoms with Gasteiger partial charge in [0, 0.05) is 24.2 Å². The summed E-state index contributed by atoms with van der Waals surface area (Å²) in [5.74, 6) is 0.791. The fraction of sp³-hybridized carbons (Fsp3) is 0.609. The summed E-state index contributed by atoms with van der Waals surface area (Å²) in [4.78, 5) is 6.80. The van der Waals surface area contributed by atoms with Gasteiger partial charge in [-0.3, -0.25) is 4.98 Å². The number of aliphatic hydroxyl groups excluding tert-OH is 1. The number of β-amino-alcohol motifs (C(OH)–C–C–N with tert-alkyl or cyclic N) is 1. The summed E-state index contributed by atoms with van der Waals surface area (Å²) < 4.78 is 5.35. The molecule has 1 saturated heterocycles. The Kier molecular flexibility index (Phi) is 8.07. The minimum absolute atomic E-state index is 0.517. The third-order valence-electron chi connectivity index (χ3n) is 5.82. The summed E-state index contributed by atoms with van der Waals surface area (Å²) in [5, 5.41) is 15.6. The molecule has 0 spiro atoms. The summed E-state index contributed by atoms with van der Waals surface area (Å²) in [6.07, 6.45) is 8.83. The topological polar surface area (TPSA) is 57.6 Å². The first-order valence-corrected chi connectivity index (χ1v) is 10.8. The number of unbranched alkanes of at least 4 members (excludes halogenated alkanes) is 3. The van der Waals surface area contributed by atoms with Gasteiger partial charge in [-0.25, -0.2) is 0 Å². The summed E-state index contributed by atoms with van der Waals surface area (Å²) >= 11 is 0. The van der Waals surface area contributed by atoms with Gasteiger partial charge in [-0.05, 0) is 68.7 Å². The van der Waals surface area contributed by atoms with Gasteiger partial charge >= 0.3 is 0 Å². The second-order valence-corrected chi connectivity index (χ2v) is 7.89. The number of nitrogens with one attached hydrogen (secondary N) is 1. The van der Waals surface area contributed by atoms with Gasteiger partial charge in [-0.15, -0.1) is 0 Å². The molecule has 0 bridgehead atoms. The van der Waals surface area contributed by atoms with Crippen LogP contribution in [0.15, 0.2) is 30.5 Å². The molecule has 28 heavy (non-hydrogen) atoms. The van der Waals surface area contributed by atoms with Crippen molar-refractivity contribution in [1.29, 1.82) is 0 Å². The molecule has 0 saturated carbocycles. The molecule has 0 aliphatic carbocycles. The van der Waals surface area contributed by atoms with Crippen LogP contribution < -0.4 is 10.1 Å². The van der Waals surface area contributed by atoms with E-state index in [9.17, 15) is 5.11 Å². The Morgan fingerprint density at radius 3 is 2.79 bits per heavy atom. The van der Waals surface area contributed by atoms with Gasteiger partial charge in [0.05, 0.1) is 18.7 Å². The number of fused-ring (bicyclic) bond motifs is 1. The average Bonchev–Trinajstić information content (AvgIpc) is 2.73. The molecule has 1 aliphatic heterocycles. The maximum Gasteiger partial charge on any atom is 0.119 e. The van der Waals surface area contributed by atoms with Crippen molar-refractivity contribution in [1.82, 2.24) is 15.2 Å². The minimum atomic E-state index is -0.517. The number of likely N-dealkylation sites (tertiary alicyclic amines) is 1. The molecule has 2 aromatic rings. The average molecular weight is 386 g/mol. The van der Waals surface area contributed by atoms with Crippen LogP contribution in [-0.4, -0.2) is 54.3 Å². The number of pyridine rings is 1. The van der Waals surface area contributed by atoms with Crippen LogP contribution in [0.5, 0.6) is 5.75 Å². The van der Waals surface area contributed by atoms with Gasteiger partial charge in [0.1, 0.15) is 5.75 Å². The second kappa shape index (κ2) is 10.7. The van der Waals surface area contributed by atoms with Crippen molar-refractivity contribution in [3.63, 3.8) is 0 Å². The maximum absolute atomic E-state index is 10.9. The van der Waals surface area contributed by atoms with E-state index in [2.05, 4.69) is 22.1 Å². The van der Waals surface area contributed by atoms with E-state index in [1.54, 1.807) is 13.3 Å². The number of nitrogens with zero attached hydrogens (tertiary/aromatic N) is 2. The van der Waals surface area contributed by atoms with Crippen LogP contribution in [0, 0.1) is 0 Å². The highest BCUT2D eigenvalue weighted by Gasteiger charge is 2.22. The molecule has 3 rings (SSSR count). The molecule has 1 aromatic carbocycles. The number of rotatable bonds is 10. The molecule has 2 N–H and O–H groups in total. The van der Waals surface area contributed by atoms with E-state index in [4.69, 9.17) is 4.74 Å². The Labute approximate surface area is 169 Å². The van der Waals surface area contributed by atoms with E-state index < -0.39 is 6.10 Å². The number of aromatic nitrogens is 1. The lowest BCUT2D eigenvalue weighted by molar-refractivity contribution is 0.0950. The zero-order chi connectivity index (χ0) is 19.8. The number of benzene rings is 1. The van der Waals surface area contributed by atoms with E-state index in [-0.39, 0.29) is 0 Å². The number of ether oxygens (including phenoxy) is 1. The summed E-state index contributed by atoms with van der Waals surface area (Å²) in [6, 6.07) is 8.38. The van der Waals surface area contributed by atoms with E-state index >= 15 is 0 Å². The van der Waals surface area contributed by atoms with Crippen LogP contribution in [0.3, 0.4) is 0 Å². The van der Waals surface area contributed by atoms with Crippen LogP contribution in [-0.2, 0) is 0 Å². The normalized spacial score (nSPS) is 17.1. The zero-order valence-electron chi connectivity index (χ0n) is 17.4. The molecule has 2 heterocycles. The van der Waals surface area contributed by atoms with Crippen LogP contribution in [0.1, 0.15) is 57.1 Å². The Balaban J connectivity index is 1.51. The molecule has 0 amide bonds. The highest BCUT2D eigenvalue weighted by molar-refractivity contribution is 5.83. The highest BCUT2D eigenvalue weighted by atomic mass is 16.5. The minimum Gasteiger partial charge on any atom is -0.497 e. The Bertz CT molecular complexity index is 729. The fourth-order valence-corrected chi connectivity index (χ4v) is 4.08. The molecule has 0 radical (unpaired) electrons. The highest BCUT2D eigenvalue weighted by Crippen LogP contribution is 2.27. The number of aliphatic hydroxyl groups is 1. The molecular weight excluding hydrogens is 350 g/mol. The van der Waals surface area contributed by atoms with Gasteiger partial charge in [-0.2, -0.15) is 0 Å².